The highest BCUT2D eigenvalue weighted by molar-refractivity contribution is 5.78. The second-order valence-corrected chi connectivity index (χ2v) is 2.61. The van der Waals surface area contributed by atoms with Crippen LogP contribution in [0.1, 0.15) is 39.5 Å². The minimum Gasteiger partial charge on any atom is -0.465 e. The van der Waals surface area contributed by atoms with E-state index in [1.165, 1.54) is 0 Å². The Morgan fingerprint density at radius 2 is 1.83 bits per heavy atom. The van der Waals surface area contributed by atoms with Gasteiger partial charge in [0.1, 0.15) is 5.78 Å². The van der Waals surface area contributed by atoms with Crippen LogP contribution < -0.4 is 0 Å². The van der Waals surface area contributed by atoms with E-state index in [9.17, 15) is 9.59 Å². The fourth-order valence-electron chi connectivity index (χ4n) is 0.732. The summed E-state index contributed by atoms with van der Waals surface area (Å²) in [6.45, 7) is 3.96. The summed E-state index contributed by atoms with van der Waals surface area (Å²) < 4.78 is 4.80. The highest BCUT2D eigenvalue weighted by Crippen LogP contribution is 1.94. The lowest BCUT2D eigenvalue weighted by Gasteiger charge is -2.01. The van der Waals surface area contributed by atoms with E-state index in [1.807, 2.05) is 6.92 Å². The molecule has 0 N–H and O–H groups in total. The van der Waals surface area contributed by atoms with Crippen molar-refractivity contribution in [3.8, 4) is 0 Å². The molecular weight excluding hydrogens is 156 g/mol. The molecule has 3 nitrogen and oxygen atoms in total. The fourth-order valence-corrected chi connectivity index (χ4v) is 0.732. The standard InChI is InChI=1S/C9H16O3/c1-3-5-9(11)12-7-6-8(10)4-2/h3-7H2,1-2H3. The number of hydrogen-bond donors (Lipinski definition) is 0. The van der Waals surface area contributed by atoms with Crippen molar-refractivity contribution in [2.24, 2.45) is 0 Å². The SMILES string of the molecule is CCCC(=O)OCCC(=O)CC. The molecule has 0 aliphatic rings. The first kappa shape index (κ1) is 11.1. The predicted molar refractivity (Wildman–Crippen MR) is 45.8 cm³/mol. The van der Waals surface area contributed by atoms with Crippen LogP contribution >= 0.6 is 0 Å². The minimum atomic E-state index is -0.207. The van der Waals surface area contributed by atoms with Crippen LogP contribution in [0, 0.1) is 0 Å². The number of carbonyl (C=O) groups is 2. The van der Waals surface area contributed by atoms with Gasteiger partial charge in [0.25, 0.3) is 0 Å². The van der Waals surface area contributed by atoms with Gasteiger partial charge in [0, 0.05) is 19.3 Å². The topological polar surface area (TPSA) is 43.4 Å². The molecule has 0 aromatic heterocycles. The van der Waals surface area contributed by atoms with Crippen LogP contribution in [-0.4, -0.2) is 18.4 Å². The molecule has 0 saturated heterocycles. The van der Waals surface area contributed by atoms with Crippen molar-refractivity contribution < 1.29 is 14.3 Å². The molecule has 0 heterocycles. The van der Waals surface area contributed by atoms with Crippen LogP contribution in [0.15, 0.2) is 0 Å². The lowest BCUT2D eigenvalue weighted by atomic mass is 10.2. The van der Waals surface area contributed by atoms with Crippen molar-refractivity contribution in [1.82, 2.24) is 0 Å². The highest BCUT2D eigenvalue weighted by atomic mass is 16.5. The summed E-state index contributed by atoms with van der Waals surface area (Å²) in [4.78, 5) is 21.5. The van der Waals surface area contributed by atoms with Crippen LogP contribution in [0.25, 0.3) is 0 Å². The molecule has 0 bridgehead atoms. The average molecular weight is 172 g/mol. The molecule has 3 heteroatoms. The van der Waals surface area contributed by atoms with Crippen LogP contribution in [0.3, 0.4) is 0 Å². The Bertz CT molecular complexity index is 152. The van der Waals surface area contributed by atoms with Crippen molar-refractivity contribution in [3.63, 3.8) is 0 Å². The van der Waals surface area contributed by atoms with Gasteiger partial charge < -0.3 is 4.74 Å². The largest absolute Gasteiger partial charge is 0.465 e. The monoisotopic (exact) mass is 172 g/mol. The molecule has 12 heavy (non-hydrogen) atoms. The zero-order valence-corrected chi connectivity index (χ0v) is 7.76. The molecule has 0 aromatic carbocycles. The molecule has 0 atom stereocenters. The first-order chi connectivity index (χ1) is 5.70. The molecule has 0 aliphatic carbocycles. The van der Waals surface area contributed by atoms with Crippen molar-refractivity contribution in [2.75, 3.05) is 6.61 Å². The van der Waals surface area contributed by atoms with E-state index in [2.05, 4.69) is 0 Å². The predicted octanol–water partition coefficient (Wildman–Crippen LogP) is 1.70. The minimum absolute atomic E-state index is 0.138. The van der Waals surface area contributed by atoms with E-state index in [4.69, 9.17) is 4.74 Å². The smallest absolute Gasteiger partial charge is 0.305 e. The van der Waals surface area contributed by atoms with Gasteiger partial charge in [0.15, 0.2) is 0 Å². The number of Topliss-reactive ketones (excluding diaryl/α,β-unsaturated/α-hetero) is 1. The first-order valence-electron chi connectivity index (χ1n) is 4.38. The summed E-state index contributed by atoms with van der Waals surface area (Å²) in [6.07, 6.45) is 2.11. The summed E-state index contributed by atoms with van der Waals surface area (Å²) in [5, 5.41) is 0. The van der Waals surface area contributed by atoms with Crippen molar-refractivity contribution >= 4 is 11.8 Å². The first-order valence-corrected chi connectivity index (χ1v) is 4.38. The summed E-state index contributed by atoms with van der Waals surface area (Å²) in [5.41, 5.74) is 0. The van der Waals surface area contributed by atoms with E-state index in [0.717, 1.165) is 6.42 Å². The van der Waals surface area contributed by atoms with Crippen LogP contribution in [-0.2, 0) is 14.3 Å². The molecule has 0 unspecified atom stereocenters. The molecule has 0 aromatic rings. The molecule has 0 amide bonds. The number of hydrogen-bond acceptors (Lipinski definition) is 3. The Balaban J connectivity index is 3.30. The van der Waals surface area contributed by atoms with Crippen molar-refractivity contribution in [3.05, 3.63) is 0 Å². The number of ketones is 1. The molecule has 0 aliphatic heterocycles. The maximum Gasteiger partial charge on any atom is 0.305 e. The quantitative estimate of drug-likeness (QED) is 0.573. The number of rotatable bonds is 6. The molecular formula is C9H16O3. The highest BCUT2D eigenvalue weighted by Gasteiger charge is 2.02. The van der Waals surface area contributed by atoms with Crippen LogP contribution in [0.2, 0.25) is 0 Å². The lowest BCUT2D eigenvalue weighted by Crippen LogP contribution is -2.08. The van der Waals surface area contributed by atoms with Gasteiger partial charge in [-0.2, -0.15) is 0 Å². The van der Waals surface area contributed by atoms with Gasteiger partial charge in [-0.1, -0.05) is 13.8 Å². The molecule has 0 fully saturated rings. The van der Waals surface area contributed by atoms with Crippen molar-refractivity contribution in [2.45, 2.75) is 39.5 Å². The second-order valence-electron chi connectivity index (χ2n) is 2.61. The van der Waals surface area contributed by atoms with Gasteiger partial charge in [0.2, 0.25) is 0 Å². The summed E-state index contributed by atoms with van der Waals surface area (Å²) >= 11 is 0. The van der Waals surface area contributed by atoms with Gasteiger partial charge in [-0.05, 0) is 6.42 Å². The zero-order valence-electron chi connectivity index (χ0n) is 7.76. The second kappa shape index (κ2) is 6.83. The Morgan fingerprint density at radius 3 is 2.33 bits per heavy atom. The molecule has 70 valence electrons. The third-order valence-corrected chi connectivity index (χ3v) is 1.49. The number of carbonyl (C=O) groups excluding carboxylic acids is 2. The number of esters is 1. The van der Waals surface area contributed by atoms with E-state index in [1.54, 1.807) is 6.92 Å². The van der Waals surface area contributed by atoms with Gasteiger partial charge in [0.05, 0.1) is 6.61 Å². The van der Waals surface area contributed by atoms with Crippen LogP contribution in [0.4, 0.5) is 0 Å². The summed E-state index contributed by atoms with van der Waals surface area (Å²) in [6, 6.07) is 0. The molecule has 0 radical (unpaired) electrons. The summed E-state index contributed by atoms with van der Waals surface area (Å²) in [7, 11) is 0. The third kappa shape index (κ3) is 5.89. The molecule has 0 spiro atoms. The Labute approximate surface area is 73.1 Å². The van der Waals surface area contributed by atoms with Gasteiger partial charge in [-0.25, -0.2) is 0 Å². The van der Waals surface area contributed by atoms with Gasteiger partial charge >= 0.3 is 5.97 Å². The molecule has 0 rings (SSSR count). The fraction of sp³-hybridized carbons (Fsp3) is 0.778. The van der Waals surface area contributed by atoms with Crippen LogP contribution in [0.5, 0.6) is 0 Å². The lowest BCUT2D eigenvalue weighted by molar-refractivity contribution is -0.144. The van der Waals surface area contributed by atoms with Gasteiger partial charge in [-0.15, -0.1) is 0 Å². The number of ether oxygens (including phenoxy) is 1. The van der Waals surface area contributed by atoms with E-state index in [0.29, 0.717) is 19.3 Å². The maximum atomic E-state index is 10.8. The summed E-state index contributed by atoms with van der Waals surface area (Å²) in [5.74, 6) is -0.0688. The Morgan fingerprint density at radius 1 is 1.17 bits per heavy atom. The van der Waals surface area contributed by atoms with Gasteiger partial charge in [-0.3, -0.25) is 9.59 Å². The van der Waals surface area contributed by atoms with Crippen molar-refractivity contribution in [1.29, 1.82) is 0 Å². The Kier molecular flexibility index (Phi) is 6.34. The maximum absolute atomic E-state index is 10.8. The van der Waals surface area contributed by atoms with E-state index >= 15 is 0 Å². The normalized spacial score (nSPS) is 9.50. The average Bonchev–Trinajstić information content (AvgIpc) is 2.04. The third-order valence-electron chi connectivity index (χ3n) is 1.49. The Hall–Kier alpha value is -0.860. The molecule has 0 saturated carbocycles. The van der Waals surface area contributed by atoms with E-state index < -0.39 is 0 Å². The van der Waals surface area contributed by atoms with E-state index in [-0.39, 0.29) is 18.4 Å². The zero-order chi connectivity index (χ0) is 9.40.